The first-order valence-corrected chi connectivity index (χ1v) is 6.55. The number of carbonyl (C=O) groups is 1. The highest BCUT2D eigenvalue weighted by Crippen LogP contribution is 2.12. The number of nitrogens with zero attached hydrogens (tertiary/aromatic N) is 1. The molecule has 0 bridgehead atoms. The van der Waals surface area contributed by atoms with Crippen LogP contribution in [-0.2, 0) is 6.42 Å². The van der Waals surface area contributed by atoms with Crippen molar-refractivity contribution in [3.63, 3.8) is 0 Å². The van der Waals surface area contributed by atoms with Crippen molar-refractivity contribution in [2.45, 2.75) is 6.42 Å². The van der Waals surface area contributed by atoms with Crippen LogP contribution < -0.4 is 5.32 Å². The SMILES string of the molecule is O=C(NCCc1cccc(Cl)c1)c1cccnc1Cl. The van der Waals surface area contributed by atoms with Gasteiger partial charge in [-0.05, 0) is 36.2 Å². The average Bonchev–Trinajstić information content (AvgIpc) is 2.39. The van der Waals surface area contributed by atoms with Gasteiger partial charge in [-0.15, -0.1) is 0 Å². The third kappa shape index (κ3) is 3.94. The molecule has 0 radical (unpaired) electrons. The molecule has 19 heavy (non-hydrogen) atoms. The number of hydrogen-bond acceptors (Lipinski definition) is 2. The third-order valence-electron chi connectivity index (χ3n) is 2.59. The minimum atomic E-state index is -0.222. The van der Waals surface area contributed by atoms with Crippen LogP contribution in [0.4, 0.5) is 0 Å². The summed E-state index contributed by atoms with van der Waals surface area (Å²) in [6.45, 7) is 0.518. The van der Waals surface area contributed by atoms with Gasteiger partial charge >= 0.3 is 0 Å². The maximum atomic E-state index is 11.9. The smallest absolute Gasteiger partial charge is 0.254 e. The Bertz CT molecular complexity index is 587. The molecule has 0 unspecified atom stereocenters. The predicted molar refractivity (Wildman–Crippen MR) is 76.7 cm³/mol. The summed E-state index contributed by atoms with van der Waals surface area (Å²) >= 11 is 11.7. The van der Waals surface area contributed by atoms with Crippen LogP contribution in [0.2, 0.25) is 10.2 Å². The lowest BCUT2D eigenvalue weighted by atomic mass is 10.1. The van der Waals surface area contributed by atoms with Crippen LogP contribution in [0.5, 0.6) is 0 Å². The molecule has 1 heterocycles. The molecular formula is C14H12Cl2N2O. The van der Waals surface area contributed by atoms with Gasteiger partial charge in [-0.1, -0.05) is 35.3 Å². The first kappa shape index (κ1) is 13.8. The van der Waals surface area contributed by atoms with Crippen molar-refractivity contribution in [1.29, 1.82) is 0 Å². The summed E-state index contributed by atoms with van der Waals surface area (Å²) < 4.78 is 0. The fourth-order valence-electron chi connectivity index (χ4n) is 1.66. The molecule has 5 heteroatoms. The quantitative estimate of drug-likeness (QED) is 0.879. The Morgan fingerprint density at radius 1 is 1.21 bits per heavy atom. The molecule has 0 atom stereocenters. The predicted octanol–water partition coefficient (Wildman–Crippen LogP) is 3.36. The summed E-state index contributed by atoms with van der Waals surface area (Å²) in [5.41, 5.74) is 1.46. The van der Waals surface area contributed by atoms with E-state index in [4.69, 9.17) is 23.2 Å². The summed E-state index contributed by atoms with van der Waals surface area (Å²) in [5, 5.41) is 3.71. The first-order valence-electron chi connectivity index (χ1n) is 5.80. The molecule has 1 aromatic carbocycles. The highest BCUT2D eigenvalue weighted by atomic mass is 35.5. The van der Waals surface area contributed by atoms with E-state index in [9.17, 15) is 4.79 Å². The number of amides is 1. The molecule has 3 nitrogen and oxygen atoms in total. The fourth-order valence-corrected chi connectivity index (χ4v) is 2.08. The number of nitrogens with one attached hydrogen (secondary N) is 1. The van der Waals surface area contributed by atoms with Crippen molar-refractivity contribution in [2.24, 2.45) is 0 Å². The maximum absolute atomic E-state index is 11.9. The summed E-state index contributed by atoms with van der Waals surface area (Å²) in [5.74, 6) is -0.222. The maximum Gasteiger partial charge on any atom is 0.254 e. The molecule has 0 saturated carbocycles. The average molecular weight is 295 g/mol. The van der Waals surface area contributed by atoms with Crippen LogP contribution >= 0.6 is 23.2 Å². The van der Waals surface area contributed by atoms with Crippen LogP contribution in [0.1, 0.15) is 15.9 Å². The first-order chi connectivity index (χ1) is 9.16. The molecule has 0 fully saturated rings. The van der Waals surface area contributed by atoms with E-state index in [0.29, 0.717) is 23.6 Å². The molecule has 0 aliphatic carbocycles. The van der Waals surface area contributed by atoms with Crippen LogP contribution in [0.3, 0.4) is 0 Å². The number of carbonyl (C=O) groups excluding carboxylic acids is 1. The summed E-state index contributed by atoms with van der Waals surface area (Å²) in [4.78, 5) is 15.7. The number of pyridine rings is 1. The van der Waals surface area contributed by atoms with Crippen molar-refractivity contribution in [1.82, 2.24) is 10.3 Å². The second-order valence-electron chi connectivity index (χ2n) is 3.98. The van der Waals surface area contributed by atoms with Gasteiger partial charge in [0.25, 0.3) is 5.91 Å². The van der Waals surface area contributed by atoms with Gasteiger partial charge in [0.2, 0.25) is 0 Å². The Balaban J connectivity index is 1.90. The molecular weight excluding hydrogens is 283 g/mol. The van der Waals surface area contributed by atoms with E-state index < -0.39 is 0 Å². The van der Waals surface area contributed by atoms with Gasteiger partial charge < -0.3 is 5.32 Å². The van der Waals surface area contributed by atoms with Gasteiger partial charge in [0.1, 0.15) is 5.15 Å². The van der Waals surface area contributed by atoms with Crippen LogP contribution in [-0.4, -0.2) is 17.4 Å². The van der Waals surface area contributed by atoms with Crippen molar-refractivity contribution in [3.8, 4) is 0 Å². The van der Waals surface area contributed by atoms with Gasteiger partial charge in [0.05, 0.1) is 5.56 Å². The van der Waals surface area contributed by atoms with Crippen LogP contribution in [0, 0.1) is 0 Å². The fraction of sp³-hybridized carbons (Fsp3) is 0.143. The van der Waals surface area contributed by atoms with Crippen LogP contribution in [0.25, 0.3) is 0 Å². The summed E-state index contributed by atoms with van der Waals surface area (Å²) in [6, 6.07) is 10.9. The van der Waals surface area contributed by atoms with Crippen LogP contribution in [0.15, 0.2) is 42.6 Å². The molecule has 0 aliphatic heterocycles. The van der Waals surface area contributed by atoms with Gasteiger partial charge in [-0.2, -0.15) is 0 Å². The molecule has 0 saturated heterocycles. The number of benzene rings is 1. The zero-order chi connectivity index (χ0) is 13.7. The van der Waals surface area contributed by atoms with E-state index in [0.717, 1.165) is 5.56 Å². The molecule has 2 rings (SSSR count). The standard InChI is InChI=1S/C14H12Cl2N2O/c15-11-4-1-3-10(9-11)6-8-18-14(19)12-5-2-7-17-13(12)16/h1-5,7,9H,6,8H2,(H,18,19). The van der Waals surface area contributed by atoms with Gasteiger partial charge in [-0.3, -0.25) is 4.79 Å². The molecule has 0 spiro atoms. The Kier molecular flexibility index (Phi) is 4.77. The number of rotatable bonds is 4. The number of halogens is 2. The van der Waals surface area contributed by atoms with E-state index in [1.807, 2.05) is 24.3 Å². The highest BCUT2D eigenvalue weighted by Gasteiger charge is 2.09. The topological polar surface area (TPSA) is 42.0 Å². The molecule has 1 aromatic heterocycles. The normalized spacial score (nSPS) is 10.2. The lowest BCUT2D eigenvalue weighted by Crippen LogP contribution is -2.26. The lowest BCUT2D eigenvalue weighted by Gasteiger charge is -2.06. The van der Waals surface area contributed by atoms with Gasteiger partial charge in [-0.25, -0.2) is 4.98 Å². The molecule has 1 amide bonds. The Morgan fingerprint density at radius 2 is 2.05 bits per heavy atom. The Morgan fingerprint density at radius 3 is 2.79 bits per heavy atom. The van der Waals surface area contributed by atoms with E-state index in [1.165, 1.54) is 0 Å². The second kappa shape index (κ2) is 6.55. The lowest BCUT2D eigenvalue weighted by molar-refractivity contribution is 0.0954. The Hall–Kier alpha value is -1.58. The van der Waals surface area contributed by atoms with Crippen molar-refractivity contribution < 1.29 is 4.79 Å². The third-order valence-corrected chi connectivity index (χ3v) is 3.13. The summed E-state index contributed by atoms with van der Waals surface area (Å²) in [7, 11) is 0. The zero-order valence-corrected chi connectivity index (χ0v) is 11.6. The van der Waals surface area contributed by atoms with E-state index in [2.05, 4.69) is 10.3 Å². The molecule has 0 aliphatic rings. The Labute approximate surface area is 121 Å². The van der Waals surface area contributed by atoms with E-state index in [-0.39, 0.29) is 11.1 Å². The molecule has 98 valence electrons. The second-order valence-corrected chi connectivity index (χ2v) is 4.77. The summed E-state index contributed by atoms with van der Waals surface area (Å²) in [6.07, 6.45) is 2.26. The van der Waals surface area contributed by atoms with Crippen molar-refractivity contribution >= 4 is 29.1 Å². The zero-order valence-electron chi connectivity index (χ0n) is 10.1. The van der Waals surface area contributed by atoms with Crippen molar-refractivity contribution in [3.05, 3.63) is 63.9 Å². The monoisotopic (exact) mass is 294 g/mol. The number of hydrogen-bond donors (Lipinski definition) is 1. The van der Waals surface area contributed by atoms with E-state index >= 15 is 0 Å². The highest BCUT2D eigenvalue weighted by molar-refractivity contribution is 6.32. The van der Waals surface area contributed by atoms with Crippen molar-refractivity contribution in [2.75, 3.05) is 6.54 Å². The number of aromatic nitrogens is 1. The molecule has 2 aromatic rings. The largest absolute Gasteiger partial charge is 0.352 e. The minimum absolute atomic E-state index is 0.211. The minimum Gasteiger partial charge on any atom is -0.352 e. The molecule has 1 N–H and O–H groups in total. The van der Waals surface area contributed by atoms with Gasteiger partial charge in [0.15, 0.2) is 0 Å². The van der Waals surface area contributed by atoms with E-state index in [1.54, 1.807) is 18.3 Å². The van der Waals surface area contributed by atoms with Gasteiger partial charge in [0, 0.05) is 17.8 Å².